The molecule has 6 nitrogen and oxygen atoms in total. The highest BCUT2D eigenvalue weighted by Crippen LogP contribution is 2.34. The first-order valence-electron chi connectivity index (χ1n) is 6.43. The van der Waals surface area contributed by atoms with Crippen LogP contribution in [-0.2, 0) is 9.53 Å². The molecule has 2 amide bonds. The van der Waals surface area contributed by atoms with Crippen molar-refractivity contribution in [2.45, 2.75) is 56.7 Å². The van der Waals surface area contributed by atoms with Gasteiger partial charge in [-0.2, -0.15) is 0 Å². The number of aliphatic carboxylic acids is 1. The predicted molar refractivity (Wildman–Crippen MR) is 64.3 cm³/mol. The summed E-state index contributed by atoms with van der Waals surface area (Å²) in [6.07, 6.45) is 3.27. The molecule has 0 aromatic heterocycles. The molecule has 1 heterocycles. The van der Waals surface area contributed by atoms with Gasteiger partial charge in [-0.15, -0.1) is 0 Å². The van der Waals surface area contributed by atoms with Crippen LogP contribution in [0.4, 0.5) is 4.79 Å². The second kappa shape index (κ2) is 5.14. The molecule has 1 aliphatic carbocycles. The Kier molecular flexibility index (Phi) is 3.75. The molecule has 0 aromatic rings. The van der Waals surface area contributed by atoms with Crippen molar-refractivity contribution in [2.24, 2.45) is 0 Å². The zero-order valence-corrected chi connectivity index (χ0v) is 10.6. The van der Waals surface area contributed by atoms with Crippen LogP contribution in [0.25, 0.3) is 0 Å². The average molecular weight is 256 g/mol. The third kappa shape index (κ3) is 2.93. The standard InChI is InChI=1S/C12H20N2O4/c1-8-9(3-6-18-8)13-11(17)14-12(4-2-5-12)7-10(15)16/h8-9H,2-7H2,1H3,(H,15,16)(H2,13,14,17). The van der Waals surface area contributed by atoms with Crippen molar-refractivity contribution in [3.63, 3.8) is 0 Å². The molecule has 18 heavy (non-hydrogen) atoms. The summed E-state index contributed by atoms with van der Waals surface area (Å²) in [5, 5.41) is 14.5. The Morgan fingerprint density at radius 2 is 2.17 bits per heavy atom. The number of carbonyl (C=O) groups is 2. The molecule has 1 saturated heterocycles. The molecular formula is C12H20N2O4. The topological polar surface area (TPSA) is 87.7 Å². The maximum absolute atomic E-state index is 11.9. The Morgan fingerprint density at radius 3 is 2.61 bits per heavy atom. The molecule has 3 N–H and O–H groups in total. The number of hydrogen-bond acceptors (Lipinski definition) is 3. The Hall–Kier alpha value is -1.30. The smallest absolute Gasteiger partial charge is 0.315 e. The second-order valence-corrected chi connectivity index (χ2v) is 5.27. The first-order valence-corrected chi connectivity index (χ1v) is 6.43. The normalized spacial score (nSPS) is 29.4. The summed E-state index contributed by atoms with van der Waals surface area (Å²) in [6.45, 7) is 2.58. The molecule has 1 aliphatic heterocycles. The number of carboxylic acids is 1. The number of amides is 2. The van der Waals surface area contributed by atoms with E-state index in [2.05, 4.69) is 10.6 Å². The Labute approximate surface area is 106 Å². The molecule has 1 saturated carbocycles. The Bertz CT molecular complexity index is 341. The highest BCUT2D eigenvalue weighted by Gasteiger charge is 2.41. The lowest BCUT2D eigenvalue weighted by atomic mass is 9.74. The first-order chi connectivity index (χ1) is 8.51. The van der Waals surface area contributed by atoms with Crippen molar-refractivity contribution in [3.8, 4) is 0 Å². The fourth-order valence-electron chi connectivity index (χ4n) is 2.61. The minimum atomic E-state index is -0.868. The summed E-state index contributed by atoms with van der Waals surface area (Å²) in [5.41, 5.74) is -0.543. The fraction of sp³-hybridized carbons (Fsp3) is 0.833. The molecule has 0 radical (unpaired) electrons. The van der Waals surface area contributed by atoms with E-state index in [0.717, 1.165) is 25.7 Å². The number of urea groups is 1. The van der Waals surface area contributed by atoms with Gasteiger partial charge in [0, 0.05) is 6.61 Å². The lowest BCUT2D eigenvalue weighted by Gasteiger charge is -2.41. The van der Waals surface area contributed by atoms with Crippen LogP contribution in [0.3, 0.4) is 0 Å². The largest absolute Gasteiger partial charge is 0.481 e. The lowest BCUT2D eigenvalue weighted by molar-refractivity contribution is -0.139. The molecule has 2 aliphatic rings. The van der Waals surface area contributed by atoms with Gasteiger partial charge in [0.05, 0.1) is 24.1 Å². The minimum absolute atomic E-state index is 0.00284. The van der Waals surface area contributed by atoms with Crippen LogP contribution >= 0.6 is 0 Å². The van der Waals surface area contributed by atoms with Gasteiger partial charge < -0.3 is 20.5 Å². The van der Waals surface area contributed by atoms with Crippen LogP contribution in [0.5, 0.6) is 0 Å². The summed E-state index contributed by atoms with van der Waals surface area (Å²) in [7, 11) is 0. The summed E-state index contributed by atoms with van der Waals surface area (Å²) in [4.78, 5) is 22.7. The average Bonchev–Trinajstić information content (AvgIpc) is 2.60. The van der Waals surface area contributed by atoms with Crippen LogP contribution < -0.4 is 10.6 Å². The Balaban J connectivity index is 1.84. The molecule has 2 unspecified atom stereocenters. The zero-order valence-electron chi connectivity index (χ0n) is 10.6. The Morgan fingerprint density at radius 1 is 1.44 bits per heavy atom. The van der Waals surface area contributed by atoms with Crippen molar-refractivity contribution >= 4 is 12.0 Å². The van der Waals surface area contributed by atoms with E-state index >= 15 is 0 Å². The highest BCUT2D eigenvalue weighted by atomic mass is 16.5. The van der Waals surface area contributed by atoms with E-state index in [4.69, 9.17) is 9.84 Å². The van der Waals surface area contributed by atoms with Crippen LogP contribution in [-0.4, -0.2) is 41.4 Å². The van der Waals surface area contributed by atoms with Crippen molar-refractivity contribution in [2.75, 3.05) is 6.61 Å². The summed E-state index contributed by atoms with van der Waals surface area (Å²) < 4.78 is 5.36. The van der Waals surface area contributed by atoms with Gasteiger partial charge in [-0.3, -0.25) is 4.79 Å². The molecule has 2 atom stereocenters. The van der Waals surface area contributed by atoms with Gasteiger partial charge in [-0.05, 0) is 32.6 Å². The molecule has 0 aromatic carbocycles. The molecule has 0 bridgehead atoms. The number of carbonyl (C=O) groups excluding carboxylic acids is 1. The molecular weight excluding hydrogens is 236 g/mol. The van der Waals surface area contributed by atoms with Crippen molar-refractivity contribution < 1.29 is 19.4 Å². The summed E-state index contributed by atoms with van der Waals surface area (Å²) in [6, 6.07) is -0.259. The maximum atomic E-state index is 11.9. The van der Waals surface area contributed by atoms with Gasteiger partial charge in [0.2, 0.25) is 0 Å². The van der Waals surface area contributed by atoms with E-state index in [1.807, 2.05) is 6.92 Å². The van der Waals surface area contributed by atoms with E-state index in [1.165, 1.54) is 0 Å². The van der Waals surface area contributed by atoms with Gasteiger partial charge in [-0.1, -0.05) is 0 Å². The fourth-order valence-corrected chi connectivity index (χ4v) is 2.61. The van der Waals surface area contributed by atoms with Crippen LogP contribution in [0.1, 0.15) is 39.0 Å². The monoisotopic (exact) mass is 256 g/mol. The van der Waals surface area contributed by atoms with E-state index < -0.39 is 11.5 Å². The molecule has 2 fully saturated rings. The number of hydrogen-bond donors (Lipinski definition) is 3. The van der Waals surface area contributed by atoms with Crippen LogP contribution in [0, 0.1) is 0 Å². The van der Waals surface area contributed by atoms with Gasteiger partial charge in [0.25, 0.3) is 0 Å². The SMILES string of the molecule is CC1OCCC1NC(=O)NC1(CC(=O)O)CCC1. The van der Waals surface area contributed by atoms with E-state index in [0.29, 0.717) is 6.61 Å². The molecule has 0 spiro atoms. The number of rotatable bonds is 4. The number of nitrogens with one attached hydrogen (secondary N) is 2. The van der Waals surface area contributed by atoms with Gasteiger partial charge >= 0.3 is 12.0 Å². The second-order valence-electron chi connectivity index (χ2n) is 5.27. The predicted octanol–water partition coefficient (Wildman–Crippen LogP) is 0.860. The van der Waals surface area contributed by atoms with Gasteiger partial charge in [0.1, 0.15) is 0 Å². The van der Waals surface area contributed by atoms with E-state index in [-0.39, 0.29) is 24.6 Å². The minimum Gasteiger partial charge on any atom is -0.481 e. The van der Waals surface area contributed by atoms with E-state index in [1.54, 1.807) is 0 Å². The van der Waals surface area contributed by atoms with E-state index in [9.17, 15) is 9.59 Å². The number of carboxylic acid groups (broad SMARTS) is 1. The maximum Gasteiger partial charge on any atom is 0.315 e. The molecule has 6 heteroatoms. The van der Waals surface area contributed by atoms with Crippen LogP contribution in [0.2, 0.25) is 0 Å². The summed E-state index contributed by atoms with van der Waals surface area (Å²) >= 11 is 0. The van der Waals surface area contributed by atoms with Crippen molar-refractivity contribution in [1.29, 1.82) is 0 Å². The quantitative estimate of drug-likeness (QED) is 0.696. The lowest BCUT2D eigenvalue weighted by Crippen LogP contribution is -2.59. The van der Waals surface area contributed by atoms with Gasteiger partial charge in [-0.25, -0.2) is 4.79 Å². The summed E-state index contributed by atoms with van der Waals surface area (Å²) in [5.74, 6) is -0.868. The molecule has 2 rings (SSSR count). The third-order valence-corrected chi connectivity index (χ3v) is 3.87. The number of ether oxygens (including phenoxy) is 1. The van der Waals surface area contributed by atoms with Crippen LogP contribution in [0.15, 0.2) is 0 Å². The third-order valence-electron chi connectivity index (χ3n) is 3.87. The first kappa shape index (κ1) is 13.1. The van der Waals surface area contributed by atoms with Crippen molar-refractivity contribution in [3.05, 3.63) is 0 Å². The van der Waals surface area contributed by atoms with Gasteiger partial charge in [0.15, 0.2) is 0 Å². The van der Waals surface area contributed by atoms with Crippen molar-refractivity contribution in [1.82, 2.24) is 10.6 Å². The molecule has 102 valence electrons. The zero-order chi connectivity index (χ0) is 13.2. The highest BCUT2D eigenvalue weighted by molar-refractivity contribution is 5.77.